The van der Waals surface area contributed by atoms with Gasteiger partial charge >= 0.3 is 5.97 Å². The van der Waals surface area contributed by atoms with Gasteiger partial charge in [0.1, 0.15) is 17.7 Å². The molecule has 7 heteroatoms. The van der Waals surface area contributed by atoms with Gasteiger partial charge < -0.3 is 5.11 Å². The molecule has 0 aliphatic rings. The van der Waals surface area contributed by atoms with Crippen LogP contribution in [0, 0.1) is 22.7 Å². The summed E-state index contributed by atoms with van der Waals surface area (Å²) in [5, 5.41) is 31.0. The van der Waals surface area contributed by atoms with Crippen LogP contribution in [0.1, 0.15) is 12.0 Å². The molecule has 2 rings (SSSR count). The average Bonchev–Trinajstić information content (AvgIpc) is 2.94. The van der Waals surface area contributed by atoms with Crippen LogP contribution in [0.4, 0.5) is 0 Å². The standard InChI is InChI=1S/C16H11BrN4O2/c17-14-3-1-12(2-4-14)16-13(7-11(8-18)9-19)10-21(20-16)6-5-15(22)23/h1-4,7,10H,5-6H2,(H,22,23). The number of halogens is 1. The lowest BCUT2D eigenvalue weighted by molar-refractivity contribution is -0.137. The van der Waals surface area contributed by atoms with Crippen LogP contribution in [-0.4, -0.2) is 20.9 Å². The monoisotopic (exact) mass is 370 g/mol. The van der Waals surface area contributed by atoms with Crippen molar-refractivity contribution in [3.05, 3.63) is 46.1 Å². The summed E-state index contributed by atoms with van der Waals surface area (Å²) in [5.41, 5.74) is 1.95. The predicted octanol–water partition coefficient (Wildman–Crippen LogP) is 3.22. The molecule has 114 valence electrons. The fraction of sp³-hybridized carbons (Fsp3) is 0.125. The zero-order valence-electron chi connectivity index (χ0n) is 11.9. The number of allylic oxidation sites excluding steroid dienone is 1. The van der Waals surface area contributed by atoms with E-state index in [0.29, 0.717) is 11.3 Å². The van der Waals surface area contributed by atoms with Gasteiger partial charge in [0, 0.05) is 21.8 Å². The topological polar surface area (TPSA) is 103 Å². The first-order valence-electron chi connectivity index (χ1n) is 6.60. The molecule has 1 N–H and O–H groups in total. The summed E-state index contributed by atoms with van der Waals surface area (Å²) in [6.07, 6.45) is 3.02. The molecule has 0 spiro atoms. The van der Waals surface area contributed by atoms with Crippen LogP contribution < -0.4 is 0 Å². The predicted molar refractivity (Wildman–Crippen MR) is 86.8 cm³/mol. The van der Waals surface area contributed by atoms with Crippen molar-refractivity contribution in [2.45, 2.75) is 13.0 Å². The molecule has 1 aromatic carbocycles. The maximum Gasteiger partial charge on any atom is 0.305 e. The van der Waals surface area contributed by atoms with Crippen molar-refractivity contribution >= 4 is 28.0 Å². The smallest absolute Gasteiger partial charge is 0.305 e. The van der Waals surface area contributed by atoms with Crippen molar-refractivity contribution in [1.82, 2.24) is 9.78 Å². The number of carboxylic acids is 1. The van der Waals surface area contributed by atoms with Crippen LogP contribution >= 0.6 is 15.9 Å². The number of aromatic nitrogens is 2. The second-order valence-electron chi connectivity index (χ2n) is 4.63. The van der Waals surface area contributed by atoms with Gasteiger partial charge in [-0.3, -0.25) is 9.48 Å². The van der Waals surface area contributed by atoms with Crippen molar-refractivity contribution in [3.63, 3.8) is 0 Å². The Kier molecular flexibility index (Phi) is 5.29. The van der Waals surface area contributed by atoms with Gasteiger partial charge in [0.15, 0.2) is 0 Å². The summed E-state index contributed by atoms with van der Waals surface area (Å²) >= 11 is 3.36. The third-order valence-corrected chi connectivity index (χ3v) is 3.53. The molecular weight excluding hydrogens is 360 g/mol. The Labute approximate surface area is 141 Å². The number of aliphatic carboxylic acids is 1. The first-order valence-corrected chi connectivity index (χ1v) is 7.40. The van der Waals surface area contributed by atoms with Crippen molar-refractivity contribution < 1.29 is 9.90 Å². The van der Waals surface area contributed by atoms with Crippen LogP contribution in [0.5, 0.6) is 0 Å². The maximum absolute atomic E-state index is 10.7. The van der Waals surface area contributed by atoms with E-state index in [-0.39, 0.29) is 18.5 Å². The van der Waals surface area contributed by atoms with E-state index < -0.39 is 5.97 Å². The third-order valence-electron chi connectivity index (χ3n) is 3.00. The van der Waals surface area contributed by atoms with Crippen molar-refractivity contribution in [2.75, 3.05) is 0 Å². The van der Waals surface area contributed by atoms with Gasteiger partial charge in [-0.25, -0.2) is 0 Å². The van der Waals surface area contributed by atoms with Gasteiger partial charge in [0.25, 0.3) is 0 Å². The van der Waals surface area contributed by atoms with E-state index in [1.54, 1.807) is 6.20 Å². The van der Waals surface area contributed by atoms with Gasteiger partial charge in [-0.1, -0.05) is 28.1 Å². The van der Waals surface area contributed by atoms with Crippen LogP contribution in [-0.2, 0) is 11.3 Å². The molecule has 6 nitrogen and oxygen atoms in total. The van der Waals surface area contributed by atoms with E-state index in [1.807, 2.05) is 36.4 Å². The zero-order valence-corrected chi connectivity index (χ0v) is 13.5. The summed E-state index contributed by atoms with van der Waals surface area (Å²) in [4.78, 5) is 10.7. The average molecular weight is 371 g/mol. The van der Waals surface area contributed by atoms with Crippen molar-refractivity contribution in [3.8, 4) is 23.4 Å². The highest BCUT2D eigenvalue weighted by molar-refractivity contribution is 9.10. The lowest BCUT2D eigenvalue weighted by atomic mass is 10.1. The molecule has 0 unspecified atom stereocenters. The summed E-state index contributed by atoms with van der Waals surface area (Å²) in [6.45, 7) is 0.209. The Balaban J connectivity index is 2.47. The number of benzene rings is 1. The van der Waals surface area contributed by atoms with E-state index in [0.717, 1.165) is 10.0 Å². The van der Waals surface area contributed by atoms with Gasteiger partial charge in [0.05, 0.1) is 18.7 Å². The molecule has 0 radical (unpaired) electrons. The first-order chi connectivity index (χ1) is 11.0. The molecule has 2 aromatic rings. The summed E-state index contributed by atoms with van der Waals surface area (Å²) in [5.74, 6) is -0.919. The van der Waals surface area contributed by atoms with E-state index in [2.05, 4.69) is 21.0 Å². The van der Waals surface area contributed by atoms with Gasteiger partial charge in [-0.2, -0.15) is 15.6 Å². The molecule has 0 aliphatic carbocycles. The van der Waals surface area contributed by atoms with E-state index in [1.165, 1.54) is 10.8 Å². The molecule has 0 saturated heterocycles. The summed E-state index contributed by atoms with van der Waals surface area (Å²) in [6, 6.07) is 11.0. The van der Waals surface area contributed by atoms with E-state index in [4.69, 9.17) is 15.6 Å². The van der Waals surface area contributed by atoms with Gasteiger partial charge in [-0.05, 0) is 18.2 Å². The first kappa shape index (κ1) is 16.5. The van der Waals surface area contributed by atoms with Crippen molar-refractivity contribution in [1.29, 1.82) is 10.5 Å². The summed E-state index contributed by atoms with van der Waals surface area (Å²) in [7, 11) is 0. The molecule has 0 fully saturated rings. The number of aryl methyl sites for hydroxylation is 1. The lowest BCUT2D eigenvalue weighted by Crippen LogP contribution is -2.04. The largest absolute Gasteiger partial charge is 0.481 e. The molecule has 0 amide bonds. The lowest BCUT2D eigenvalue weighted by Gasteiger charge is -2.00. The van der Waals surface area contributed by atoms with E-state index >= 15 is 0 Å². The molecular formula is C16H11BrN4O2. The molecule has 0 bridgehead atoms. The fourth-order valence-corrected chi connectivity index (χ4v) is 2.21. The number of hydrogen-bond acceptors (Lipinski definition) is 4. The molecule has 23 heavy (non-hydrogen) atoms. The minimum absolute atomic E-state index is 0.0406. The second kappa shape index (κ2) is 7.39. The minimum atomic E-state index is -0.919. The minimum Gasteiger partial charge on any atom is -0.481 e. The number of nitriles is 2. The highest BCUT2D eigenvalue weighted by Crippen LogP contribution is 2.25. The molecule has 0 aliphatic heterocycles. The van der Waals surface area contributed by atoms with Crippen LogP contribution in [0.25, 0.3) is 17.3 Å². The maximum atomic E-state index is 10.7. The number of nitrogens with zero attached hydrogens (tertiary/aromatic N) is 4. The Hall–Kier alpha value is -2.90. The summed E-state index contributed by atoms with van der Waals surface area (Å²) < 4.78 is 2.42. The number of carbonyl (C=O) groups is 1. The molecule has 1 heterocycles. The fourth-order valence-electron chi connectivity index (χ4n) is 1.94. The van der Waals surface area contributed by atoms with E-state index in [9.17, 15) is 4.79 Å². The van der Waals surface area contributed by atoms with Crippen LogP contribution in [0.3, 0.4) is 0 Å². The third kappa shape index (κ3) is 4.29. The number of hydrogen-bond donors (Lipinski definition) is 1. The van der Waals surface area contributed by atoms with Gasteiger partial charge in [-0.15, -0.1) is 0 Å². The van der Waals surface area contributed by atoms with Crippen molar-refractivity contribution in [2.24, 2.45) is 0 Å². The SMILES string of the molecule is N#CC(C#N)=Cc1cn(CCC(=O)O)nc1-c1ccc(Br)cc1. The Bertz CT molecular complexity index is 822. The molecule has 1 aromatic heterocycles. The number of carboxylic acid groups (broad SMARTS) is 1. The Morgan fingerprint density at radius 1 is 1.30 bits per heavy atom. The van der Waals surface area contributed by atoms with Crippen LogP contribution in [0.2, 0.25) is 0 Å². The zero-order chi connectivity index (χ0) is 16.8. The highest BCUT2D eigenvalue weighted by Gasteiger charge is 2.11. The van der Waals surface area contributed by atoms with Gasteiger partial charge in [0.2, 0.25) is 0 Å². The Morgan fingerprint density at radius 3 is 2.52 bits per heavy atom. The highest BCUT2D eigenvalue weighted by atomic mass is 79.9. The normalized spacial score (nSPS) is 9.70. The second-order valence-corrected chi connectivity index (χ2v) is 5.54. The number of rotatable bonds is 5. The quantitative estimate of drug-likeness (QED) is 0.813. The molecule has 0 atom stereocenters. The molecule has 0 saturated carbocycles. The Morgan fingerprint density at radius 2 is 1.96 bits per heavy atom. The van der Waals surface area contributed by atoms with Crippen LogP contribution in [0.15, 0.2) is 40.5 Å².